The second kappa shape index (κ2) is 9.26. The quantitative estimate of drug-likeness (QED) is 0.223. The molecule has 0 bridgehead atoms. The number of hydrogen-bond acceptors (Lipinski definition) is 7. The third-order valence-electron chi connectivity index (χ3n) is 7.18. The van der Waals surface area contributed by atoms with Crippen LogP contribution in [0.5, 0.6) is 0 Å². The van der Waals surface area contributed by atoms with Gasteiger partial charge in [-0.1, -0.05) is 31.9 Å². The first-order chi connectivity index (χ1) is 17.5. The van der Waals surface area contributed by atoms with Crippen molar-refractivity contribution in [1.29, 1.82) is 0 Å². The molecule has 0 radical (unpaired) electrons. The third-order valence-corrected chi connectivity index (χ3v) is 10.6. The van der Waals surface area contributed by atoms with Crippen LogP contribution >= 0.6 is 54.5 Å². The summed E-state index contributed by atoms with van der Waals surface area (Å²) in [4.78, 5) is 25.1. The summed E-state index contributed by atoms with van der Waals surface area (Å²) in [6, 6.07) is 12.4. The Kier molecular flexibility index (Phi) is 6.42. The van der Waals surface area contributed by atoms with E-state index in [0.29, 0.717) is 18.8 Å². The molecule has 0 unspecified atom stereocenters. The van der Waals surface area contributed by atoms with Gasteiger partial charge in [-0.15, -0.1) is 22.7 Å². The number of amides is 1. The molecule has 2 aliphatic carbocycles. The molecule has 2 aromatic heterocycles. The van der Waals surface area contributed by atoms with Crippen LogP contribution in [0.4, 0.5) is 4.79 Å². The van der Waals surface area contributed by atoms with Gasteiger partial charge in [-0.25, -0.2) is 14.8 Å². The number of rotatable bonds is 4. The lowest BCUT2D eigenvalue weighted by molar-refractivity contribution is -0.0671. The van der Waals surface area contributed by atoms with Crippen LogP contribution < -0.4 is 5.73 Å². The minimum atomic E-state index is -0.737. The van der Waals surface area contributed by atoms with Crippen molar-refractivity contribution in [2.45, 2.75) is 75.6 Å². The number of carbonyl (C=O) groups is 1. The van der Waals surface area contributed by atoms with Crippen LogP contribution in [0.1, 0.15) is 68.3 Å². The molecule has 2 aliphatic rings. The van der Waals surface area contributed by atoms with E-state index in [9.17, 15) is 4.79 Å². The predicted molar refractivity (Wildman–Crippen MR) is 157 cm³/mol. The molecular formula is C27H28Br2N4O2S2. The Morgan fingerprint density at radius 2 is 1.49 bits per heavy atom. The maximum atomic E-state index is 13.5. The smallest absolute Gasteiger partial charge is 0.412 e. The van der Waals surface area contributed by atoms with Crippen molar-refractivity contribution in [3.8, 4) is 0 Å². The Morgan fingerprint density at radius 3 is 2.00 bits per heavy atom. The zero-order valence-corrected chi connectivity index (χ0v) is 25.6. The first-order valence-electron chi connectivity index (χ1n) is 12.4. The Hall–Kier alpha value is -1.59. The van der Waals surface area contributed by atoms with E-state index >= 15 is 0 Å². The van der Waals surface area contributed by atoms with E-state index in [1.54, 1.807) is 22.7 Å². The summed E-state index contributed by atoms with van der Waals surface area (Å²) in [6.07, 6.45) is 2.74. The molecule has 2 saturated carbocycles. The number of ether oxygens (including phenoxy) is 1. The van der Waals surface area contributed by atoms with Crippen LogP contribution in [0, 0.1) is 0 Å². The summed E-state index contributed by atoms with van der Waals surface area (Å²) in [6.45, 7) is 5.70. The van der Waals surface area contributed by atoms with E-state index in [1.807, 2.05) is 43.9 Å². The lowest BCUT2D eigenvalue weighted by Crippen LogP contribution is -2.69. The topological polar surface area (TPSA) is 81.3 Å². The first-order valence-corrected chi connectivity index (χ1v) is 15.6. The molecule has 0 aliphatic heterocycles. The van der Waals surface area contributed by atoms with E-state index in [0.717, 1.165) is 42.8 Å². The average molecular weight is 664 g/mol. The highest BCUT2D eigenvalue weighted by atomic mass is 79.9. The molecule has 0 atom stereocenters. The lowest BCUT2D eigenvalue weighted by atomic mass is 9.70. The van der Waals surface area contributed by atoms with Crippen LogP contribution in [0.15, 0.2) is 45.3 Å². The lowest BCUT2D eigenvalue weighted by Gasteiger charge is -2.56. The van der Waals surface area contributed by atoms with Crippen LogP contribution in [-0.2, 0) is 4.74 Å². The number of benzene rings is 2. The van der Waals surface area contributed by atoms with Crippen molar-refractivity contribution in [3.05, 3.63) is 55.4 Å². The monoisotopic (exact) mass is 662 g/mol. The number of carbonyl (C=O) groups excluding carboxylic acids is 1. The SMILES string of the molecule is CC(C)(C)OC(=O)N(C1CC(c2nc3cc(Br)ccc3s2)C1)C1(N)CC(c2nc3cc(Br)ccc3s2)C1. The Morgan fingerprint density at radius 1 is 0.973 bits per heavy atom. The zero-order valence-electron chi connectivity index (χ0n) is 20.8. The van der Waals surface area contributed by atoms with E-state index in [1.165, 1.54) is 9.40 Å². The molecule has 2 fully saturated rings. The van der Waals surface area contributed by atoms with Gasteiger partial charge in [-0.05, 0) is 82.9 Å². The van der Waals surface area contributed by atoms with Gasteiger partial charge in [0.25, 0.3) is 0 Å². The van der Waals surface area contributed by atoms with Gasteiger partial charge in [0.1, 0.15) is 5.60 Å². The number of halogens is 2. The summed E-state index contributed by atoms with van der Waals surface area (Å²) in [5.74, 6) is 0.568. The molecular weight excluding hydrogens is 636 g/mol. The number of hydrogen-bond donors (Lipinski definition) is 1. The maximum absolute atomic E-state index is 13.5. The standard InChI is InChI=1S/C27H28Br2N4O2S2/c1-26(2,3)35-25(34)33(18-8-14(9-18)23-31-19-10-16(28)4-6-21(19)36-23)27(30)12-15(13-27)24-32-20-11-17(29)5-7-22(20)37-24/h4-7,10-11,14-15,18H,8-9,12-13,30H2,1-3H3. The summed E-state index contributed by atoms with van der Waals surface area (Å²) in [5.41, 5.74) is 7.65. The Bertz CT molecular complexity index is 1500. The number of nitrogens with zero attached hydrogens (tertiary/aromatic N) is 3. The predicted octanol–water partition coefficient (Wildman–Crippen LogP) is 8.15. The van der Waals surface area contributed by atoms with Gasteiger partial charge in [-0.3, -0.25) is 4.90 Å². The second-order valence-electron chi connectivity index (χ2n) is 11.2. The van der Waals surface area contributed by atoms with Gasteiger partial charge in [0.2, 0.25) is 0 Å². The average Bonchev–Trinajstić information content (AvgIpc) is 3.35. The van der Waals surface area contributed by atoms with E-state index in [4.69, 9.17) is 20.4 Å². The van der Waals surface area contributed by atoms with Crippen molar-refractivity contribution >= 4 is 81.1 Å². The highest BCUT2D eigenvalue weighted by Crippen LogP contribution is 2.52. The van der Waals surface area contributed by atoms with Gasteiger partial charge in [0.15, 0.2) is 0 Å². The van der Waals surface area contributed by atoms with E-state index in [-0.39, 0.29) is 18.1 Å². The number of aromatic nitrogens is 2. The maximum Gasteiger partial charge on any atom is 0.412 e. The summed E-state index contributed by atoms with van der Waals surface area (Å²) in [5, 5.41) is 2.22. The van der Waals surface area contributed by atoms with Crippen molar-refractivity contribution in [1.82, 2.24) is 14.9 Å². The molecule has 10 heteroatoms. The van der Waals surface area contributed by atoms with Gasteiger partial charge >= 0.3 is 6.09 Å². The normalized spacial score (nSPS) is 25.6. The molecule has 0 saturated heterocycles. The first kappa shape index (κ1) is 25.7. The van der Waals surface area contributed by atoms with Crippen molar-refractivity contribution < 1.29 is 9.53 Å². The molecule has 2 N–H and O–H groups in total. The van der Waals surface area contributed by atoms with Gasteiger partial charge in [0.05, 0.1) is 36.1 Å². The number of thiazole rings is 2. The molecule has 2 aromatic carbocycles. The fraction of sp³-hybridized carbons (Fsp3) is 0.444. The number of nitrogens with two attached hydrogens (primary N) is 1. The fourth-order valence-electron chi connectivity index (χ4n) is 5.36. The molecule has 1 amide bonds. The molecule has 6 rings (SSSR count). The Labute approximate surface area is 240 Å². The highest BCUT2D eigenvalue weighted by Gasteiger charge is 2.54. The molecule has 6 nitrogen and oxygen atoms in total. The van der Waals surface area contributed by atoms with Crippen molar-refractivity contribution in [2.75, 3.05) is 0 Å². The molecule has 4 aromatic rings. The van der Waals surface area contributed by atoms with Gasteiger partial charge < -0.3 is 10.5 Å². The van der Waals surface area contributed by atoms with Crippen LogP contribution in [0.25, 0.3) is 20.4 Å². The minimum absolute atomic E-state index is 0.0378. The van der Waals surface area contributed by atoms with E-state index in [2.05, 4.69) is 50.1 Å². The fourth-order valence-corrected chi connectivity index (χ4v) is 8.18. The second-order valence-corrected chi connectivity index (χ2v) is 15.2. The van der Waals surface area contributed by atoms with E-state index < -0.39 is 11.3 Å². The van der Waals surface area contributed by atoms with Crippen LogP contribution in [-0.4, -0.2) is 38.3 Å². The van der Waals surface area contributed by atoms with Crippen LogP contribution in [0.3, 0.4) is 0 Å². The zero-order chi connectivity index (χ0) is 26.1. The van der Waals surface area contributed by atoms with Crippen LogP contribution in [0.2, 0.25) is 0 Å². The summed E-state index contributed by atoms with van der Waals surface area (Å²) in [7, 11) is 0. The van der Waals surface area contributed by atoms with Gasteiger partial charge in [0, 0.05) is 26.8 Å². The largest absolute Gasteiger partial charge is 0.444 e. The molecule has 0 spiro atoms. The van der Waals surface area contributed by atoms with Gasteiger partial charge in [-0.2, -0.15) is 0 Å². The number of fused-ring (bicyclic) bond motifs is 2. The molecule has 194 valence electrons. The van der Waals surface area contributed by atoms with Crippen molar-refractivity contribution in [2.24, 2.45) is 5.73 Å². The summed E-state index contributed by atoms with van der Waals surface area (Å²) >= 11 is 10.5. The minimum Gasteiger partial charge on any atom is -0.444 e. The molecule has 2 heterocycles. The Balaban J connectivity index is 1.20. The summed E-state index contributed by atoms with van der Waals surface area (Å²) < 4.78 is 10.3. The highest BCUT2D eigenvalue weighted by molar-refractivity contribution is 9.10. The molecule has 37 heavy (non-hydrogen) atoms. The van der Waals surface area contributed by atoms with Crippen molar-refractivity contribution in [3.63, 3.8) is 0 Å². The third kappa shape index (κ3) is 4.95.